The van der Waals surface area contributed by atoms with Gasteiger partial charge >= 0.3 is 6.18 Å². The van der Waals surface area contributed by atoms with Crippen molar-refractivity contribution < 1.29 is 26.7 Å². The number of nitrogens with one attached hydrogen (secondary N) is 1. The summed E-state index contributed by atoms with van der Waals surface area (Å²) in [6.07, 6.45) is -1.87. The number of anilines is 1. The van der Waals surface area contributed by atoms with Crippen LogP contribution in [0.15, 0.2) is 61.2 Å². The molecule has 1 N–H and O–H groups in total. The summed E-state index contributed by atoms with van der Waals surface area (Å²) >= 11 is 11.3. The van der Waals surface area contributed by atoms with Gasteiger partial charge in [0, 0.05) is 40.0 Å². The largest absolute Gasteiger partial charge is 0.417 e. The highest BCUT2D eigenvalue weighted by atomic mass is 35.5. The SMILES string of the molecule is C=C(Nc1ccc(Cl)c(C(F)(F)F)c1)c1ccc(C(C)=O)cc1CCCC.CC.CC.Cc1ccc(Cl)c(C(C)(F)F)c1. The minimum Gasteiger partial charge on any atom is -0.355 e. The van der Waals surface area contributed by atoms with Gasteiger partial charge in [0.05, 0.1) is 10.6 Å². The molecule has 0 atom stereocenters. The summed E-state index contributed by atoms with van der Waals surface area (Å²) < 4.78 is 64.8. The Hall–Kier alpha value is -2.90. The van der Waals surface area contributed by atoms with E-state index in [1.54, 1.807) is 25.1 Å². The van der Waals surface area contributed by atoms with Crippen LogP contribution in [0.4, 0.5) is 27.6 Å². The lowest BCUT2D eigenvalue weighted by atomic mass is 9.96. The lowest BCUT2D eigenvalue weighted by Crippen LogP contribution is -2.08. The van der Waals surface area contributed by atoms with Gasteiger partial charge < -0.3 is 5.32 Å². The molecule has 43 heavy (non-hydrogen) atoms. The maximum atomic E-state index is 13.0. The summed E-state index contributed by atoms with van der Waals surface area (Å²) in [6.45, 7) is 18.1. The first-order valence-electron chi connectivity index (χ1n) is 14.2. The van der Waals surface area contributed by atoms with Gasteiger partial charge in [-0.05, 0) is 68.7 Å². The van der Waals surface area contributed by atoms with E-state index in [4.69, 9.17) is 23.2 Å². The first-order chi connectivity index (χ1) is 20.0. The topological polar surface area (TPSA) is 29.1 Å². The molecule has 0 fully saturated rings. The average Bonchev–Trinajstić information content (AvgIpc) is 2.95. The van der Waals surface area contributed by atoms with Crippen LogP contribution in [0.3, 0.4) is 0 Å². The molecule has 9 heteroatoms. The van der Waals surface area contributed by atoms with E-state index in [1.807, 2.05) is 33.8 Å². The number of ketones is 1. The van der Waals surface area contributed by atoms with Crippen LogP contribution < -0.4 is 5.32 Å². The zero-order valence-electron chi connectivity index (χ0n) is 26.1. The molecule has 0 bridgehead atoms. The minimum absolute atomic E-state index is 0.0367. The number of hydrogen-bond acceptors (Lipinski definition) is 2. The second-order valence-electron chi connectivity index (χ2n) is 9.20. The Morgan fingerprint density at radius 3 is 1.91 bits per heavy atom. The zero-order chi connectivity index (χ0) is 33.5. The van der Waals surface area contributed by atoms with Gasteiger partial charge in [0.1, 0.15) is 0 Å². The average molecular weight is 647 g/mol. The number of aryl methyl sites for hydroxylation is 2. The number of unbranched alkanes of at least 4 members (excludes halogenated alkanes) is 1. The van der Waals surface area contributed by atoms with E-state index in [0.717, 1.165) is 48.9 Å². The molecule has 0 aromatic heterocycles. The van der Waals surface area contributed by atoms with Crippen LogP contribution >= 0.6 is 23.2 Å². The van der Waals surface area contributed by atoms with Crippen molar-refractivity contribution >= 4 is 40.4 Å². The molecular weight excluding hydrogens is 604 g/mol. The molecule has 0 amide bonds. The Morgan fingerprint density at radius 2 is 1.42 bits per heavy atom. The summed E-state index contributed by atoms with van der Waals surface area (Å²) in [6, 6.07) is 13.5. The van der Waals surface area contributed by atoms with Gasteiger partial charge in [-0.1, -0.05) is 94.6 Å². The van der Waals surface area contributed by atoms with Crippen LogP contribution in [0.25, 0.3) is 5.70 Å². The summed E-state index contributed by atoms with van der Waals surface area (Å²) in [5.41, 5.74) is 2.80. The van der Waals surface area contributed by atoms with Crippen LogP contribution in [-0.2, 0) is 18.5 Å². The van der Waals surface area contributed by atoms with Crippen molar-refractivity contribution in [2.24, 2.45) is 0 Å². The maximum absolute atomic E-state index is 13.0. The predicted molar refractivity (Wildman–Crippen MR) is 173 cm³/mol. The molecule has 0 saturated heterocycles. The fourth-order valence-electron chi connectivity index (χ4n) is 3.72. The summed E-state index contributed by atoms with van der Waals surface area (Å²) in [5, 5.41) is 2.69. The summed E-state index contributed by atoms with van der Waals surface area (Å²) in [5.74, 6) is -2.89. The van der Waals surface area contributed by atoms with Crippen molar-refractivity contribution in [1.29, 1.82) is 0 Å². The first-order valence-corrected chi connectivity index (χ1v) is 14.9. The van der Waals surface area contributed by atoms with Crippen LogP contribution in [0.5, 0.6) is 0 Å². The lowest BCUT2D eigenvalue weighted by molar-refractivity contribution is -0.137. The molecule has 3 rings (SSSR count). The van der Waals surface area contributed by atoms with E-state index in [2.05, 4.69) is 18.8 Å². The molecule has 238 valence electrons. The highest BCUT2D eigenvalue weighted by Gasteiger charge is 2.33. The molecule has 0 saturated carbocycles. The minimum atomic E-state index is -4.54. The van der Waals surface area contributed by atoms with E-state index < -0.39 is 17.7 Å². The van der Waals surface area contributed by atoms with Crippen molar-refractivity contribution in [1.82, 2.24) is 0 Å². The van der Waals surface area contributed by atoms with Crippen molar-refractivity contribution in [2.75, 3.05) is 5.32 Å². The summed E-state index contributed by atoms with van der Waals surface area (Å²) in [7, 11) is 0. The van der Waals surface area contributed by atoms with Crippen LogP contribution in [0.1, 0.15) is 99.5 Å². The molecule has 0 unspecified atom stereocenters. The van der Waals surface area contributed by atoms with Crippen molar-refractivity contribution in [3.63, 3.8) is 0 Å². The van der Waals surface area contributed by atoms with E-state index in [9.17, 15) is 26.7 Å². The number of benzene rings is 3. The van der Waals surface area contributed by atoms with Crippen molar-refractivity contribution in [2.45, 2.75) is 86.8 Å². The standard InChI is InChI=1S/C21H21ClF3NO.C9H9ClF2.2C2H6/c1-4-5-6-16-11-15(14(3)27)7-9-18(16)13(2)26-17-8-10-20(22)19(12-17)21(23,24)25;1-6-3-4-8(10)7(5-6)9(2,11)12;2*1-2/h7-12,26H,2,4-6H2,1,3H3;3-5H,1-2H3;2*1-2H3. The fraction of sp³-hybridized carbons (Fsp3) is 0.382. The van der Waals surface area contributed by atoms with Gasteiger partial charge in [-0.3, -0.25) is 4.79 Å². The van der Waals surface area contributed by atoms with Gasteiger partial charge in [0.15, 0.2) is 5.78 Å². The van der Waals surface area contributed by atoms with Crippen LogP contribution in [0.2, 0.25) is 10.0 Å². The number of carbonyl (C=O) groups excluding carboxylic acids is 1. The predicted octanol–water partition coefficient (Wildman–Crippen LogP) is 12.8. The van der Waals surface area contributed by atoms with Gasteiger partial charge in [0.25, 0.3) is 5.92 Å². The number of carbonyl (C=O) groups is 1. The molecule has 0 heterocycles. The van der Waals surface area contributed by atoms with Gasteiger partial charge in [-0.25, -0.2) is 8.78 Å². The molecule has 3 aromatic carbocycles. The highest BCUT2D eigenvalue weighted by Crippen LogP contribution is 2.37. The Kier molecular flexibility index (Phi) is 17.4. The molecule has 0 aliphatic rings. The normalized spacial score (nSPS) is 10.7. The number of rotatable bonds is 8. The Balaban J connectivity index is 0.000000918. The van der Waals surface area contributed by atoms with Crippen molar-refractivity contribution in [3.8, 4) is 0 Å². The highest BCUT2D eigenvalue weighted by molar-refractivity contribution is 6.31. The number of halogens is 7. The van der Waals surface area contributed by atoms with E-state index in [0.29, 0.717) is 11.3 Å². The molecular formula is C34H42Cl2F5NO. The summed E-state index contributed by atoms with van der Waals surface area (Å²) in [4.78, 5) is 11.6. The van der Waals surface area contributed by atoms with Gasteiger partial charge in [-0.2, -0.15) is 13.2 Å². The number of Topliss-reactive ketones (excluding diaryl/α,β-unsaturated/α-hetero) is 1. The van der Waals surface area contributed by atoms with Gasteiger partial charge in [-0.15, -0.1) is 0 Å². The van der Waals surface area contributed by atoms with Crippen LogP contribution in [-0.4, -0.2) is 5.78 Å². The molecule has 0 spiro atoms. The number of hydrogen-bond donors (Lipinski definition) is 1. The third kappa shape index (κ3) is 13.1. The molecule has 0 radical (unpaired) electrons. The smallest absolute Gasteiger partial charge is 0.355 e. The Bertz CT molecular complexity index is 1330. The second kappa shape index (κ2) is 18.7. The molecule has 3 aromatic rings. The lowest BCUT2D eigenvalue weighted by Gasteiger charge is -2.17. The Morgan fingerprint density at radius 1 is 0.860 bits per heavy atom. The maximum Gasteiger partial charge on any atom is 0.417 e. The molecule has 0 aliphatic heterocycles. The first kappa shape index (κ1) is 40.1. The van der Waals surface area contributed by atoms with E-state index >= 15 is 0 Å². The van der Waals surface area contributed by atoms with Crippen molar-refractivity contribution in [3.05, 3.63) is 105 Å². The monoisotopic (exact) mass is 645 g/mol. The third-order valence-electron chi connectivity index (χ3n) is 5.80. The second-order valence-corrected chi connectivity index (χ2v) is 10.0. The Labute approximate surface area is 263 Å². The zero-order valence-corrected chi connectivity index (χ0v) is 27.6. The molecule has 0 aliphatic carbocycles. The molecule has 2 nitrogen and oxygen atoms in total. The third-order valence-corrected chi connectivity index (χ3v) is 6.46. The van der Waals surface area contributed by atoms with E-state index in [-0.39, 0.29) is 27.1 Å². The quantitative estimate of drug-likeness (QED) is 0.195. The number of alkyl halides is 5. The van der Waals surface area contributed by atoms with Crippen LogP contribution in [0, 0.1) is 6.92 Å². The van der Waals surface area contributed by atoms with E-state index in [1.165, 1.54) is 31.2 Å². The van der Waals surface area contributed by atoms with Gasteiger partial charge in [0.2, 0.25) is 0 Å². The fourth-order valence-corrected chi connectivity index (χ4v) is 4.23.